The molecule has 47 heavy (non-hydrogen) atoms. The van der Waals surface area contributed by atoms with Crippen LogP contribution in [0.3, 0.4) is 0 Å². The maximum absolute atomic E-state index is 14.5. The molecule has 11 heteroatoms. The number of fused-ring (bicyclic) bond motifs is 1. The number of carbonyl (C=O) groups excluding carboxylic acids is 1. The summed E-state index contributed by atoms with van der Waals surface area (Å²) in [6.07, 6.45) is -3.16. The summed E-state index contributed by atoms with van der Waals surface area (Å²) in [5.74, 6) is -1.22. The molecule has 248 valence electrons. The fourth-order valence-corrected chi connectivity index (χ4v) is 6.14. The van der Waals surface area contributed by atoms with Gasteiger partial charge in [-0.25, -0.2) is 4.39 Å². The van der Waals surface area contributed by atoms with E-state index in [-0.39, 0.29) is 21.4 Å². The molecule has 0 atom stereocenters. The van der Waals surface area contributed by atoms with Gasteiger partial charge < -0.3 is 14.4 Å². The molecular weight excluding hydrogens is 628 g/mol. The Morgan fingerprint density at radius 1 is 0.915 bits per heavy atom. The maximum atomic E-state index is 14.5. The van der Waals surface area contributed by atoms with Gasteiger partial charge in [0.15, 0.2) is 5.16 Å². The first kappa shape index (κ1) is 25.1. The Morgan fingerprint density at radius 3 is 2.15 bits per heavy atom. The van der Waals surface area contributed by atoms with Crippen LogP contribution in [0.1, 0.15) is 59.2 Å². The molecule has 0 radical (unpaired) electrons. The smallest absolute Gasteiger partial charge is 0.336 e. The first-order chi connectivity index (χ1) is 25.4. The Balaban J connectivity index is 1.55. The number of halogens is 4. The van der Waals surface area contributed by atoms with E-state index in [4.69, 9.17) is 11.0 Å². The lowest BCUT2D eigenvalue weighted by molar-refractivity contribution is -0.137. The summed E-state index contributed by atoms with van der Waals surface area (Å²) in [6, 6.07) is 16.1. The van der Waals surface area contributed by atoms with Gasteiger partial charge in [0.05, 0.1) is 8.30 Å². The number of likely N-dealkylation sites (N-methyl/N-ethyl adjacent to an activating group) is 1. The van der Waals surface area contributed by atoms with Crippen LogP contribution in [0.25, 0.3) is 11.1 Å². The number of amides is 1. The van der Waals surface area contributed by atoms with E-state index in [9.17, 15) is 27.2 Å². The quantitative estimate of drug-likeness (QED) is 0.0852. The van der Waals surface area contributed by atoms with E-state index in [1.165, 1.54) is 53.1 Å². The number of hydrogen-bond acceptors (Lipinski definition) is 5. The van der Waals surface area contributed by atoms with E-state index >= 15 is 0 Å². The highest BCUT2D eigenvalue weighted by atomic mass is 32.2. The molecule has 5 rings (SSSR count). The van der Waals surface area contributed by atoms with Crippen LogP contribution in [0, 0.1) is 5.82 Å². The summed E-state index contributed by atoms with van der Waals surface area (Å²) in [5, 5.41) is 0.115. The molecule has 0 spiro atoms. The van der Waals surface area contributed by atoms with E-state index in [0.717, 1.165) is 37.7 Å². The van der Waals surface area contributed by atoms with Crippen molar-refractivity contribution < 1.29 is 33.3 Å². The van der Waals surface area contributed by atoms with E-state index in [1.807, 2.05) is 0 Å². The topological polar surface area (TPSA) is 58.4 Å². The molecule has 0 unspecified atom stereocenters. The van der Waals surface area contributed by atoms with Crippen molar-refractivity contribution in [3.8, 4) is 11.1 Å². The van der Waals surface area contributed by atoms with E-state index in [2.05, 4.69) is 4.98 Å². The van der Waals surface area contributed by atoms with Crippen LogP contribution in [0.5, 0.6) is 0 Å². The number of aromatic nitrogens is 2. The number of hydrogen-bond donors (Lipinski definition) is 0. The minimum absolute atomic E-state index is 0.0869. The van der Waals surface area contributed by atoms with Crippen LogP contribution >= 0.6 is 11.8 Å². The number of alkyl halides is 3. The number of benzene rings is 3. The number of thioether (sulfide) groups is 1. The van der Waals surface area contributed by atoms with Gasteiger partial charge in [-0.1, -0.05) is 74.1 Å². The standard InChI is InChI=1S/C36H38F4N4O2S/c1-3-42(4-2)20-21-43(22-25-8-12-27(13-9-25)28-14-16-29(17-15-28)36(38,39)40)33(45)23-44-32-7-5-6-31(32)34(46)41-35(44)47-24-26-10-18-30(37)19-11-26/h8-19H,3-7,20-24H2,1-2H3/i3D2,4D2,20D2,21D2. The van der Waals surface area contributed by atoms with Gasteiger partial charge in [-0.15, -0.1) is 0 Å². The van der Waals surface area contributed by atoms with Gasteiger partial charge in [-0.2, -0.15) is 18.2 Å². The number of carbonyl (C=O) groups is 1. The summed E-state index contributed by atoms with van der Waals surface area (Å²) >= 11 is 1.09. The molecule has 0 saturated heterocycles. The molecule has 0 fully saturated rings. The molecule has 0 saturated carbocycles. The summed E-state index contributed by atoms with van der Waals surface area (Å²) in [7, 11) is 0. The van der Waals surface area contributed by atoms with E-state index in [0.29, 0.717) is 52.1 Å². The molecule has 3 aromatic carbocycles. The zero-order chi connectivity index (χ0) is 40.7. The Bertz CT molecular complexity index is 2060. The molecule has 6 nitrogen and oxygen atoms in total. The van der Waals surface area contributed by atoms with Gasteiger partial charge in [0.1, 0.15) is 12.4 Å². The van der Waals surface area contributed by atoms with Crippen LogP contribution in [-0.4, -0.2) is 51.2 Å². The predicted octanol–water partition coefficient (Wildman–Crippen LogP) is 7.22. The zero-order valence-electron chi connectivity index (χ0n) is 33.7. The third kappa shape index (κ3) is 8.70. The van der Waals surface area contributed by atoms with Crippen LogP contribution in [0.4, 0.5) is 17.6 Å². The molecule has 1 aliphatic carbocycles. The van der Waals surface area contributed by atoms with Crippen molar-refractivity contribution in [2.24, 2.45) is 0 Å². The second-order valence-corrected chi connectivity index (χ2v) is 11.7. The molecule has 1 aliphatic rings. The second kappa shape index (κ2) is 15.3. The molecule has 1 aromatic heterocycles. The lowest BCUT2D eigenvalue weighted by Crippen LogP contribution is -2.40. The highest BCUT2D eigenvalue weighted by molar-refractivity contribution is 7.98. The van der Waals surface area contributed by atoms with Crippen molar-refractivity contribution in [3.63, 3.8) is 0 Å². The van der Waals surface area contributed by atoms with Crippen LogP contribution in [0.15, 0.2) is 82.7 Å². The summed E-state index contributed by atoms with van der Waals surface area (Å²) in [5.41, 5.74) is 1.45. The zero-order valence-corrected chi connectivity index (χ0v) is 26.5. The molecule has 4 aromatic rings. The van der Waals surface area contributed by atoms with Crippen molar-refractivity contribution in [3.05, 3.63) is 117 Å². The lowest BCUT2D eigenvalue weighted by atomic mass is 10.0. The van der Waals surface area contributed by atoms with Crippen LogP contribution in [-0.2, 0) is 42.7 Å². The molecule has 0 aliphatic heterocycles. The largest absolute Gasteiger partial charge is 0.416 e. The summed E-state index contributed by atoms with van der Waals surface area (Å²) in [6.45, 7) is -11.9. The van der Waals surface area contributed by atoms with Crippen molar-refractivity contribution in [2.75, 3.05) is 26.0 Å². The lowest BCUT2D eigenvalue weighted by Gasteiger charge is -2.28. The van der Waals surface area contributed by atoms with E-state index in [1.54, 1.807) is 12.1 Å². The van der Waals surface area contributed by atoms with Gasteiger partial charge in [0, 0.05) is 44.8 Å². The third-order valence-electron chi connectivity index (χ3n) is 7.66. The molecule has 1 amide bonds. The van der Waals surface area contributed by atoms with Crippen molar-refractivity contribution in [1.29, 1.82) is 0 Å². The molecular formula is C36H38F4N4O2S. The van der Waals surface area contributed by atoms with Gasteiger partial charge in [0.2, 0.25) is 5.91 Å². The average molecular weight is 675 g/mol. The Labute approximate surface area is 287 Å². The minimum atomic E-state index is -4.53. The Kier molecular flexibility index (Phi) is 8.17. The maximum Gasteiger partial charge on any atom is 0.416 e. The van der Waals surface area contributed by atoms with Crippen LogP contribution < -0.4 is 5.56 Å². The molecule has 1 heterocycles. The molecule has 0 N–H and O–H groups in total. The summed E-state index contributed by atoms with van der Waals surface area (Å²) in [4.78, 5) is 32.4. The second-order valence-electron chi connectivity index (χ2n) is 10.7. The van der Waals surface area contributed by atoms with Gasteiger partial charge in [0.25, 0.3) is 5.56 Å². The first-order valence-corrected chi connectivity index (χ1v) is 15.8. The summed E-state index contributed by atoms with van der Waals surface area (Å²) < 4.78 is 124. The highest BCUT2D eigenvalue weighted by Gasteiger charge is 2.30. The Hall–Kier alpha value is -3.96. The SMILES string of the molecule is [2H]C([2H])(C)N(C([2H])([2H])C)C([2H])([2H])C([2H])([2H])N(Cc1ccc(-c2ccc(C(F)(F)F)cc2)cc1)C(=O)Cn1c(SCc2ccc(F)cc2)nc(=O)c2c1CCC2. The normalized spacial score (nSPS) is 16.6. The number of nitrogens with zero attached hydrogens (tertiary/aromatic N) is 4. The Morgan fingerprint density at radius 2 is 1.53 bits per heavy atom. The van der Waals surface area contributed by atoms with E-state index < -0.39 is 68.1 Å². The minimum Gasteiger partial charge on any atom is -0.336 e. The number of rotatable bonds is 13. The van der Waals surface area contributed by atoms with Crippen molar-refractivity contribution >= 4 is 17.7 Å². The molecule has 0 bridgehead atoms. The van der Waals surface area contributed by atoms with Gasteiger partial charge >= 0.3 is 6.18 Å². The highest BCUT2D eigenvalue weighted by Crippen LogP contribution is 2.31. The predicted molar refractivity (Wildman–Crippen MR) is 177 cm³/mol. The average Bonchev–Trinajstić information content (AvgIpc) is 3.58. The van der Waals surface area contributed by atoms with Crippen LogP contribution in [0.2, 0.25) is 0 Å². The van der Waals surface area contributed by atoms with Gasteiger partial charge in [-0.3, -0.25) is 9.59 Å². The monoisotopic (exact) mass is 674 g/mol. The van der Waals surface area contributed by atoms with Crippen molar-refractivity contribution in [2.45, 2.75) is 63.3 Å². The fourth-order valence-electron chi connectivity index (χ4n) is 5.17. The van der Waals surface area contributed by atoms with Crippen molar-refractivity contribution in [1.82, 2.24) is 19.4 Å². The first-order valence-electron chi connectivity index (χ1n) is 18.8. The third-order valence-corrected chi connectivity index (χ3v) is 8.71. The fraction of sp³-hybridized carbons (Fsp3) is 0.361. The van der Waals surface area contributed by atoms with Gasteiger partial charge in [-0.05, 0) is 78.8 Å².